The van der Waals surface area contributed by atoms with Crippen molar-refractivity contribution in [3.63, 3.8) is 0 Å². The summed E-state index contributed by atoms with van der Waals surface area (Å²) in [7, 11) is -2.77. The second kappa shape index (κ2) is 3.49. The van der Waals surface area contributed by atoms with E-state index in [2.05, 4.69) is 4.90 Å². The van der Waals surface area contributed by atoms with Crippen LogP contribution in [0.5, 0.6) is 0 Å². The van der Waals surface area contributed by atoms with Crippen molar-refractivity contribution in [2.45, 2.75) is 25.7 Å². The SMILES string of the molecule is CS(=O)(=O)CCC12CCN(CC1)CC2. The quantitative estimate of drug-likeness (QED) is 0.705. The van der Waals surface area contributed by atoms with Gasteiger partial charge in [-0.15, -0.1) is 0 Å². The Kier molecular flexibility index (Phi) is 2.60. The highest BCUT2D eigenvalue weighted by atomic mass is 32.2. The van der Waals surface area contributed by atoms with Gasteiger partial charge in [0.25, 0.3) is 0 Å². The molecule has 0 aromatic heterocycles. The molecule has 4 heteroatoms. The molecule has 0 amide bonds. The fourth-order valence-electron chi connectivity index (χ4n) is 2.67. The van der Waals surface area contributed by atoms with Crippen LogP contribution in [0.25, 0.3) is 0 Å². The summed E-state index contributed by atoms with van der Waals surface area (Å²) >= 11 is 0. The first-order valence-corrected chi connectivity index (χ1v) is 7.45. The lowest BCUT2D eigenvalue weighted by Gasteiger charge is -2.48. The minimum absolute atomic E-state index is 0.373. The molecule has 0 aromatic rings. The number of sulfone groups is 1. The van der Waals surface area contributed by atoms with Crippen molar-refractivity contribution in [1.29, 1.82) is 0 Å². The van der Waals surface area contributed by atoms with Crippen LogP contribution >= 0.6 is 0 Å². The summed E-state index contributed by atoms with van der Waals surface area (Å²) in [6.45, 7) is 3.55. The molecule has 0 saturated carbocycles. The van der Waals surface area contributed by atoms with Crippen molar-refractivity contribution < 1.29 is 8.42 Å². The molecule has 3 rings (SSSR count). The number of hydrogen-bond acceptors (Lipinski definition) is 3. The first kappa shape index (κ1) is 10.4. The normalized spacial score (nSPS) is 37.4. The van der Waals surface area contributed by atoms with Crippen molar-refractivity contribution in [1.82, 2.24) is 4.90 Å². The molecule has 0 aliphatic carbocycles. The lowest BCUT2D eigenvalue weighted by molar-refractivity contribution is 0.0241. The zero-order valence-electron chi connectivity index (χ0n) is 8.83. The number of fused-ring (bicyclic) bond motifs is 3. The van der Waals surface area contributed by atoms with Crippen LogP contribution in [0.2, 0.25) is 0 Å². The van der Waals surface area contributed by atoms with Crippen molar-refractivity contribution in [3.8, 4) is 0 Å². The van der Waals surface area contributed by atoms with E-state index in [4.69, 9.17) is 0 Å². The van der Waals surface area contributed by atoms with Crippen LogP contribution in [0.1, 0.15) is 25.7 Å². The van der Waals surface area contributed by atoms with Crippen molar-refractivity contribution in [3.05, 3.63) is 0 Å². The zero-order chi connectivity index (χ0) is 10.2. The van der Waals surface area contributed by atoms with Crippen LogP contribution in [0.4, 0.5) is 0 Å². The van der Waals surface area contributed by atoms with Crippen LogP contribution < -0.4 is 0 Å². The summed E-state index contributed by atoms with van der Waals surface area (Å²) < 4.78 is 22.3. The fourth-order valence-corrected chi connectivity index (χ4v) is 3.48. The van der Waals surface area contributed by atoms with E-state index in [1.54, 1.807) is 0 Å². The molecule has 0 aromatic carbocycles. The van der Waals surface area contributed by atoms with Gasteiger partial charge in [-0.25, -0.2) is 8.42 Å². The van der Waals surface area contributed by atoms with Gasteiger partial charge in [0, 0.05) is 6.26 Å². The average molecular weight is 217 g/mol. The van der Waals surface area contributed by atoms with Gasteiger partial charge in [-0.1, -0.05) is 0 Å². The Morgan fingerprint density at radius 2 is 1.64 bits per heavy atom. The zero-order valence-corrected chi connectivity index (χ0v) is 9.65. The molecule has 0 spiro atoms. The Hall–Kier alpha value is -0.0900. The molecule has 0 radical (unpaired) electrons. The summed E-state index contributed by atoms with van der Waals surface area (Å²) in [5, 5.41) is 0. The largest absolute Gasteiger partial charge is 0.303 e. The molecular weight excluding hydrogens is 198 g/mol. The smallest absolute Gasteiger partial charge is 0.147 e. The number of nitrogens with zero attached hydrogens (tertiary/aromatic N) is 1. The summed E-state index contributed by atoms with van der Waals surface area (Å²) in [6, 6.07) is 0. The molecule has 3 heterocycles. The third kappa shape index (κ3) is 2.28. The van der Waals surface area contributed by atoms with Crippen molar-refractivity contribution in [2.75, 3.05) is 31.6 Å². The average Bonchev–Trinajstić information content (AvgIpc) is 2.17. The van der Waals surface area contributed by atoms with E-state index in [-0.39, 0.29) is 0 Å². The minimum Gasteiger partial charge on any atom is -0.303 e. The molecule has 3 fully saturated rings. The van der Waals surface area contributed by atoms with Gasteiger partial charge in [0.2, 0.25) is 0 Å². The molecular formula is C10H19NO2S. The molecule has 3 aliphatic rings. The number of hydrogen-bond donors (Lipinski definition) is 0. The molecule has 3 nitrogen and oxygen atoms in total. The van der Waals surface area contributed by atoms with E-state index >= 15 is 0 Å². The third-order valence-electron chi connectivity index (χ3n) is 3.88. The van der Waals surface area contributed by atoms with Crippen molar-refractivity contribution in [2.24, 2.45) is 5.41 Å². The van der Waals surface area contributed by atoms with Gasteiger partial charge in [0.05, 0.1) is 5.75 Å². The Bertz CT molecular complexity index is 288. The minimum atomic E-state index is -2.77. The van der Waals surface area contributed by atoms with E-state index in [9.17, 15) is 8.42 Å². The standard InChI is InChI=1S/C10H19NO2S/c1-14(12,13)9-5-10-2-6-11(7-3-10)8-4-10/h2-9H2,1H3. The Balaban J connectivity index is 1.95. The molecule has 3 aliphatic heterocycles. The summed E-state index contributed by atoms with van der Waals surface area (Å²) in [5.41, 5.74) is 0.373. The van der Waals surface area contributed by atoms with Gasteiger partial charge in [-0.3, -0.25) is 0 Å². The molecule has 0 atom stereocenters. The molecule has 82 valence electrons. The first-order valence-electron chi connectivity index (χ1n) is 5.39. The topological polar surface area (TPSA) is 37.4 Å². The Morgan fingerprint density at radius 1 is 1.14 bits per heavy atom. The number of rotatable bonds is 3. The molecule has 3 saturated heterocycles. The molecule has 0 unspecified atom stereocenters. The highest BCUT2D eigenvalue weighted by molar-refractivity contribution is 7.90. The van der Waals surface area contributed by atoms with E-state index < -0.39 is 9.84 Å². The maximum Gasteiger partial charge on any atom is 0.147 e. The predicted molar refractivity (Wildman–Crippen MR) is 57.1 cm³/mol. The maximum atomic E-state index is 11.1. The van der Waals surface area contributed by atoms with Gasteiger partial charge in [0.15, 0.2) is 0 Å². The fraction of sp³-hybridized carbons (Fsp3) is 1.00. The second-order valence-electron chi connectivity index (χ2n) is 4.97. The third-order valence-corrected chi connectivity index (χ3v) is 4.82. The highest BCUT2D eigenvalue weighted by Crippen LogP contribution is 2.42. The van der Waals surface area contributed by atoms with Gasteiger partial charge >= 0.3 is 0 Å². The van der Waals surface area contributed by atoms with E-state index in [0.717, 1.165) is 6.42 Å². The summed E-state index contributed by atoms with van der Waals surface area (Å²) in [4.78, 5) is 2.49. The maximum absolute atomic E-state index is 11.1. The van der Waals surface area contributed by atoms with Crippen molar-refractivity contribution >= 4 is 9.84 Å². The van der Waals surface area contributed by atoms with Crippen LogP contribution in [0.3, 0.4) is 0 Å². The summed E-state index contributed by atoms with van der Waals surface area (Å²) in [6.07, 6.45) is 5.87. The van der Waals surface area contributed by atoms with Gasteiger partial charge in [-0.2, -0.15) is 0 Å². The Labute approximate surface area is 86.4 Å². The molecule has 2 bridgehead atoms. The monoisotopic (exact) mass is 217 g/mol. The van der Waals surface area contributed by atoms with E-state index in [0.29, 0.717) is 11.2 Å². The highest BCUT2D eigenvalue weighted by Gasteiger charge is 2.39. The lowest BCUT2D eigenvalue weighted by Crippen LogP contribution is -2.48. The lowest BCUT2D eigenvalue weighted by atomic mass is 9.70. The predicted octanol–water partition coefficient (Wildman–Crippen LogP) is 0.907. The van der Waals surface area contributed by atoms with Gasteiger partial charge in [-0.05, 0) is 50.7 Å². The first-order chi connectivity index (χ1) is 6.49. The summed E-state index contributed by atoms with van der Waals surface area (Å²) in [5.74, 6) is 0.382. The van der Waals surface area contributed by atoms with E-state index in [1.165, 1.54) is 45.2 Å². The molecule has 14 heavy (non-hydrogen) atoms. The van der Waals surface area contributed by atoms with Crippen LogP contribution in [0.15, 0.2) is 0 Å². The Morgan fingerprint density at radius 3 is 2.07 bits per heavy atom. The van der Waals surface area contributed by atoms with Crippen LogP contribution in [-0.4, -0.2) is 45.0 Å². The molecule has 0 N–H and O–H groups in total. The van der Waals surface area contributed by atoms with E-state index in [1.807, 2.05) is 0 Å². The van der Waals surface area contributed by atoms with Crippen LogP contribution in [-0.2, 0) is 9.84 Å². The number of piperidine rings is 3. The van der Waals surface area contributed by atoms with Gasteiger partial charge in [0.1, 0.15) is 9.84 Å². The second-order valence-corrected chi connectivity index (χ2v) is 7.23. The van der Waals surface area contributed by atoms with Gasteiger partial charge < -0.3 is 4.90 Å². The van der Waals surface area contributed by atoms with Crippen LogP contribution in [0, 0.1) is 5.41 Å².